The molecule has 0 spiro atoms. The first-order valence-electron chi connectivity index (χ1n) is 5.05. The average Bonchev–Trinajstić information content (AvgIpc) is 2.36. The molecule has 0 saturated carbocycles. The molecule has 90 valence electrons. The fraction of sp³-hybridized carbons (Fsp3) is 0.364. The topological polar surface area (TPSA) is 78.3 Å². The van der Waals surface area contributed by atoms with Crippen molar-refractivity contribution in [3.63, 3.8) is 0 Å². The molecule has 1 aromatic rings. The maximum Gasteiger partial charge on any atom is 0.309 e. The Balaban J connectivity index is 2.67. The number of anilines is 1. The summed E-state index contributed by atoms with van der Waals surface area (Å²) in [4.78, 5) is 15.6. The zero-order valence-electron chi connectivity index (χ0n) is 9.83. The first-order chi connectivity index (χ1) is 8.17. The molecule has 0 N–H and O–H groups in total. The van der Waals surface area contributed by atoms with E-state index in [1.54, 1.807) is 0 Å². The molecule has 6 heteroatoms. The summed E-state index contributed by atoms with van der Waals surface area (Å²) < 4.78 is 4.58. The van der Waals surface area contributed by atoms with E-state index >= 15 is 0 Å². The van der Waals surface area contributed by atoms with Crippen LogP contribution in [0.3, 0.4) is 0 Å². The summed E-state index contributed by atoms with van der Waals surface area (Å²) in [6.45, 7) is 0.271. The number of ether oxygens (including phenoxy) is 1. The van der Waals surface area contributed by atoms with Gasteiger partial charge in [0.15, 0.2) is 0 Å². The van der Waals surface area contributed by atoms with Gasteiger partial charge in [-0.3, -0.25) is 4.79 Å². The van der Waals surface area contributed by atoms with E-state index in [4.69, 9.17) is 5.53 Å². The van der Waals surface area contributed by atoms with Crippen molar-refractivity contribution in [2.75, 3.05) is 25.7 Å². The van der Waals surface area contributed by atoms with E-state index in [0.29, 0.717) is 0 Å². The van der Waals surface area contributed by atoms with Gasteiger partial charge in [-0.15, -0.1) is 0 Å². The van der Waals surface area contributed by atoms with Gasteiger partial charge in [0, 0.05) is 17.6 Å². The molecular formula is C11H14N4O2. The lowest BCUT2D eigenvalue weighted by atomic mass is 10.1. The van der Waals surface area contributed by atoms with Gasteiger partial charge in [0.05, 0.1) is 20.2 Å². The monoisotopic (exact) mass is 234 g/mol. The largest absolute Gasteiger partial charge is 0.469 e. The van der Waals surface area contributed by atoms with Gasteiger partial charge in [-0.1, -0.05) is 17.2 Å². The Morgan fingerprint density at radius 3 is 2.65 bits per heavy atom. The predicted molar refractivity (Wildman–Crippen MR) is 64.6 cm³/mol. The Hall–Kier alpha value is -2.20. The van der Waals surface area contributed by atoms with Crippen LogP contribution in [-0.4, -0.2) is 26.8 Å². The molecule has 6 nitrogen and oxygen atoms in total. The Bertz CT molecular complexity index is 424. The van der Waals surface area contributed by atoms with E-state index < -0.39 is 0 Å². The Kier molecular flexibility index (Phi) is 4.84. The number of nitrogens with zero attached hydrogens (tertiary/aromatic N) is 4. The highest BCUT2D eigenvalue weighted by Gasteiger charge is 2.03. The number of benzene rings is 1. The molecule has 0 atom stereocenters. The number of hydrogen-bond donors (Lipinski definition) is 0. The van der Waals surface area contributed by atoms with Gasteiger partial charge in [-0.05, 0) is 23.2 Å². The lowest BCUT2D eigenvalue weighted by molar-refractivity contribution is -0.139. The zero-order chi connectivity index (χ0) is 12.7. The first kappa shape index (κ1) is 12.9. The van der Waals surface area contributed by atoms with Gasteiger partial charge < -0.3 is 9.64 Å². The lowest BCUT2D eigenvalue weighted by Crippen LogP contribution is -2.16. The third-order valence-corrected chi connectivity index (χ3v) is 2.29. The summed E-state index contributed by atoms with van der Waals surface area (Å²) in [5, 5.41) is 3.46. The van der Waals surface area contributed by atoms with E-state index in [9.17, 15) is 4.79 Å². The fourth-order valence-electron chi connectivity index (χ4n) is 1.31. The van der Waals surface area contributed by atoms with E-state index in [-0.39, 0.29) is 19.1 Å². The van der Waals surface area contributed by atoms with Gasteiger partial charge in [0.25, 0.3) is 0 Å². The molecule has 0 saturated heterocycles. The lowest BCUT2D eigenvalue weighted by Gasteiger charge is -2.16. The van der Waals surface area contributed by atoms with Crippen LogP contribution in [-0.2, 0) is 16.0 Å². The molecule has 0 aliphatic heterocycles. The number of methoxy groups -OCH3 is 1. The fourth-order valence-corrected chi connectivity index (χ4v) is 1.31. The van der Waals surface area contributed by atoms with E-state index in [1.165, 1.54) is 7.11 Å². The SMILES string of the molecule is COC(=O)Cc1ccc(N(C)CN=[N+]=[N-])cc1. The van der Waals surface area contributed by atoms with Gasteiger partial charge in [0.1, 0.15) is 0 Å². The zero-order valence-corrected chi connectivity index (χ0v) is 9.83. The van der Waals surface area contributed by atoms with Crippen molar-refractivity contribution >= 4 is 11.7 Å². The Morgan fingerprint density at radius 2 is 2.12 bits per heavy atom. The molecule has 0 heterocycles. The molecule has 1 rings (SSSR count). The first-order valence-corrected chi connectivity index (χ1v) is 5.05. The maximum atomic E-state index is 11.1. The van der Waals surface area contributed by atoms with Crippen LogP contribution >= 0.6 is 0 Å². The van der Waals surface area contributed by atoms with Crippen LogP contribution in [0.15, 0.2) is 29.4 Å². The highest BCUT2D eigenvalue weighted by atomic mass is 16.5. The summed E-state index contributed by atoms with van der Waals surface area (Å²) in [5.41, 5.74) is 10.0. The molecule has 0 fully saturated rings. The van der Waals surface area contributed by atoms with E-state index in [1.807, 2.05) is 36.2 Å². The van der Waals surface area contributed by atoms with Crippen molar-refractivity contribution < 1.29 is 9.53 Å². The van der Waals surface area contributed by atoms with Crippen molar-refractivity contribution in [1.82, 2.24) is 0 Å². The van der Waals surface area contributed by atoms with Gasteiger partial charge in [-0.2, -0.15) is 0 Å². The molecule has 0 aliphatic rings. The molecule has 0 aliphatic carbocycles. The summed E-state index contributed by atoms with van der Waals surface area (Å²) in [7, 11) is 3.19. The van der Waals surface area contributed by atoms with Crippen molar-refractivity contribution in [2.45, 2.75) is 6.42 Å². The molecule has 0 unspecified atom stereocenters. The van der Waals surface area contributed by atoms with Crippen molar-refractivity contribution in [2.24, 2.45) is 5.11 Å². The second-order valence-electron chi connectivity index (χ2n) is 3.49. The van der Waals surface area contributed by atoms with Crippen LogP contribution in [0.4, 0.5) is 5.69 Å². The number of esters is 1. The smallest absolute Gasteiger partial charge is 0.309 e. The molecular weight excluding hydrogens is 220 g/mol. The van der Waals surface area contributed by atoms with Crippen LogP contribution in [0.2, 0.25) is 0 Å². The molecule has 17 heavy (non-hydrogen) atoms. The quantitative estimate of drug-likeness (QED) is 0.339. The summed E-state index contributed by atoms with van der Waals surface area (Å²) in [6.07, 6.45) is 0.261. The Labute approximate surface area is 99.4 Å². The minimum atomic E-state index is -0.264. The average molecular weight is 234 g/mol. The molecule has 0 aromatic heterocycles. The van der Waals surface area contributed by atoms with Crippen LogP contribution in [0, 0.1) is 0 Å². The van der Waals surface area contributed by atoms with Gasteiger partial charge >= 0.3 is 5.97 Å². The highest BCUT2D eigenvalue weighted by molar-refractivity contribution is 5.72. The standard InChI is InChI=1S/C11H14N4O2/c1-15(8-13-14-12)10-5-3-9(4-6-10)7-11(16)17-2/h3-6H,7-8H2,1-2H3. The second-order valence-corrected chi connectivity index (χ2v) is 3.49. The van der Waals surface area contributed by atoms with Crippen molar-refractivity contribution in [3.8, 4) is 0 Å². The Morgan fingerprint density at radius 1 is 1.47 bits per heavy atom. The summed E-state index contributed by atoms with van der Waals surface area (Å²) in [5.74, 6) is -0.264. The predicted octanol–water partition coefficient (Wildman–Crippen LogP) is 2.11. The number of carbonyl (C=O) groups excluding carboxylic acids is 1. The second kappa shape index (κ2) is 6.40. The van der Waals surface area contributed by atoms with Gasteiger partial charge in [0.2, 0.25) is 0 Å². The van der Waals surface area contributed by atoms with Crippen molar-refractivity contribution in [3.05, 3.63) is 40.3 Å². The third-order valence-electron chi connectivity index (χ3n) is 2.29. The molecule has 0 radical (unpaired) electrons. The molecule has 0 bridgehead atoms. The number of rotatable bonds is 5. The summed E-state index contributed by atoms with van der Waals surface area (Å²) in [6, 6.07) is 7.42. The number of hydrogen-bond acceptors (Lipinski definition) is 4. The van der Waals surface area contributed by atoms with Crippen LogP contribution < -0.4 is 4.90 Å². The van der Waals surface area contributed by atoms with Gasteiger partial charge in [-0.25, -0.2) is 0 Å². The maximum absolute atomic E-state index is 11.1. The highest BCUT2D eigenvalue weighted by Crippen LogP contribution is 2.14. The molecule has 0 amide bonds. The normalized spacial score (nSPS) is 9.29. The van der Waals surface area contributed by atoms with Crippen LogP contribution in [0.1, 0.15) is 5.56 Å². The van der Waals surface area contributed by atoms with Crippen LogP contribution in [0.25, 0.3) is 10.4 Å². The molecule has 1 aromatic carbocycles. The number of azide groups is 1. The minimum absolute atomic E-state index is 0.261. The minimum Gasteiger partial charge on any atom is -0.469 e. The van der Waals surface area contributed by atoms with Crippen LogP contribution in [0.5, 0.6) is 0 Å². The van der Waals surface area contributed by atoms with E-state index in [2.05, 4.69) is 14.8 Å². The number of carbonyl (C=O) groups is 1. The van der Waals surface area contributed by atoms with Crippen molar-refractivity contribution in [1.29, 1.82) is 0 Å². The summed E-state index contributed by atoms with van der Waals surface area (Å²) >= 11 is 0. The third kappa shape index (κ3) is 4.04. The van der Waals surface area contributed by atoms with E-state index in [0.717, 1.165) is 11.3 Å².